The molecule has 3 heterocycles. The molecule has 0 aromatic rings. The number of hydrogen-bond donors (Lipinski definition) is 0. The van der Waals surface area contributed by atoms with E-state index in [0.29, 0.717) is 18.9 Å². The lowest BCUT2D eigenvalue weighted by molar-refractivity contribution is -0.124. The molecule has 3 rings (SSSR count). The van der Waals surface area contributed by atoms with Gasteiger partial charge in [-0.1, -0.05) is 6.42 Å². The Bertz CT molecular complexity index is 314. The van der Waals surface area contributed by atoms with E-state index in [1.54, 1.807) is 0 Å². The third-order valence-corrected chi connectivity index (χ3v) is 5.23. The molecule has 20 heavy (non-hydrogen) atoms. The van der Waals surface area contributed by atoms with Gasteiger partial charge in [0, 0.05) is 31.7 Å². The van der Waals surface area contributed by atoms with Gasteiger partial charge in [-0.25, -0.2) is 0 Å². The molecule has 1 unspecified atom stereocenters. The molecule has 114 valence electrons. The van der Waals surface area contributed by atoms with Gasteiger partial charge in [-0.15, -0.1) is 0 Å². The topological polar surface area (TPSA) is 32.8 Å². The van der Waals surface area contributed by atoms with Gasteiger partial charge in [0.05, 0.1) is 13.2 Å². The van der Waals surface area contributed by atoms with Gasteiger partial charge in [-0.3, -0.25) is 9.69 Å². The highest BCUT2D eigenvalue weighted by Crippen LogP contribution is 2.21. The summed E-state index contributed by atoms with van der Waals surface area (Å²) in [5.74, 6) is 0.578. The Morgan fingerprint density at radius 2 is 1.75 bits per heavy atom. The maximum atomic E-state index is 12.2. The minimum absolute atomic E-state index is 0.176. The molecule has 3 aliphatic rings. The summed E-state index contributed by atoms with van der Waals surface area (Å²) in [5, 5.41) is 0. The number of ether oxygens (including phenoxy) is 1. The van der Waals surface area contributed by atoms with Gasteiger partial charge in [0.15, 0.2) is 5.78 Å². The zero-order valence-corrected chi connectivity index (χ0v) is 12.6. The third kappa shape index (κ3) is 3.60. The van der Waals surface area contributed by atoms with Crippen LogP contribution in [-0.2, 0) is 9.53 Å². The molecule has 4 nitrogen and oxygen atoms in total. The van der Waals surface area contributed by atoms with Gasteiger partial charge in [-0.2, -0.15) is 0 Å². The SMILES string of the molecule is O=C(CN1CCC(N2CCCCC2)CC1)C1CCOC1. The molecule has 0 saturated carbocycles. The van der Waals surface area contributed by atoms with Crippen molar-refractivity contribution in [3.8, 4) is 0 Å². The van der Waals surface area contributed by atoms with Crippen molar-refractivity contribution in [1.82, 2.24) is 9.80 Å². The van der Waals surface area contributed by atoms with E-state index in [1.807, 2.05) is 0 Å². The largest absolute Gasteiger partial charge is 0.381 e. The van der Waals surface area contributed by atoms with Crippen molar-refractivity contribution in [2.24, 2.45) is 5.92 Å². The average molecular weight is 280 g/mol. The van der Waals surface area contributed by atoms with E-state index < -0.39 is 0 Å². The summed E-state index contributed by atoms with van der Waals surface area (Å²) in [6, 6.07) is 0.775. The predicted octanol–water partition coefficient (Wildman–Crippen LogP) is 1.54. The summed E-state index contributed by atoms with van der Waals surface area (Å²) in [4.78, 5) is 17.2. The lowest BCUT2D eigenvalue weighted by Crippen LogP contribution is -2.48. The van der Waals surface area contributed by atoms with Gasteiger partial charge < -0.3 is 9.64 Å². The number of rotatable bonds is 4. The predicted molar refractivity (Wildman–Crippen MR) is 78.8 cm³/mol. The number of Topliss-reactive ketones (excluding diaryl/α,β-unsaturated/α-hetero) is 1. The summed E-state index contributed by atoms with van der Waals surface area (Å²) in [7, 11) is 0. The minimum Gasteiger partial charge on any atom is -0.381 e. The summed E-state index contributed by atoms with van der Waals surface area (Å²) in [6.45, 7) is 6.87. The second-order valence-corrected chi connectivity index (χ2v) is 6.63. The van der Waals surface area contributed by atoms with E-state index in [1.165, 1.54) is 45.2 Å². The number of hydrogen-bond acceptors (Lipinski definition) is 4. The molecule has 4 heteroatoms. The fourth-order valence-electron chi connectivity index (χ4n) is 3.86. The molecule has 3 saturated heterocycles. The van der Waals surface area contributed by atoms with Crippen LogP contribution in [0.1, 0.15) is 38.5 Å². The normalized spacial score (nSPS) is 30.7. The molecule has 3 aliphatic heterocycles. The Morgan fingerprint density at radius 3 is 2.40 bits per heavy atom. The lowest BCUT2D eigenvalue weighted by Gasteiger charge is -2.40. The van der Waals surface area contributed by atoms with Gasteiger partial charge in [-0.05, 0) is 45.2 Å². The van der Waals surface area contributed by atoms with Crippen LogP contribution in [-0.4, -0.2) is 67.6 Å². The van der Waals surface area contributed by atoms with Crippen LogP contribution in [0.2, 0.25) is 0 Å². The summed E-state index contributed by atoms with van der Waals surface area (Å²) >= 11 is 0. The van der Waals surface area contributed by atoms with Crippen LogP contribution in [0.15, 0.2) is 0 Å². The maximum Gasteiger partial charge on any atom is 0.152 e. The maximum absolute atomic E-state index is 12.2. The number of ketones is 1. The van der Waals surface area contributed by atoms with Crippen LogP contribution in [0.3, 0.4) is 0 Å². The fraction of sp³-hybridized carbons (Fsp3) is 0.938. The van der Waals surface area contributed by atoms with E-state index in [0.717, 1.165) is 32.2 Å². The second-order valence-electron chi connectivity index (χ2n) is 6.63. The van der Waals surface area contributed by atoms with Gasteiger partial charge in [0.1, 0.15) is 0 Å². The molecule has 1 atom stereocenters. The van der Waals surface area contributed by atoms with Crippen molar-refractivity contribution < 1.29 is 9.53 Å². The highest BCUT2D eigenvalue weighted by atomic mass is 16.5. The first-order valence-corrected chi connectivity index (χ1v) is 8.40. The van der Waals surface area contributed by atoms with E-state index in [4.69, 9.17) is 4.74 Å². The number of nitrogens with zero attached hydrogens (tertiary/aromatic N) is 2. The smallest absolute Gasteiger partial charge is 0.152 e. The number of carbonyl (C=O) groups is 1. The molecule has 0 N–H and O–H groups in total. The molecular formula is C16H28N2O2. The summed E-state index contributed by atoms with van der Waals surface area (Å²) in [5.41, 5.74) is 0. The second kappa shape index (κ2) is 7.01. The highest BCUT2D eigenvalue weighted by Gasteiger charge is 2.29. The fourth-order valence-corrected chi connectivity index (χ4v) is 3.86. The van der Waals surface area contributed by atoms with Crippen molar-refractivity contribution in [2.45, 2.75) is 44.6 Å². The molecule has 3 fully saturated rings. The molecule has 0 bridgehead atoms. The van der Waals surface area contributed by atoms with E-state index in [-0.39, 0.29) is 5.92 Å². The molecule has 0 amide bonds. The molecule has 0 spiro atoms. The molecule has 0 aliphatic carbocycles. The minimum atomic E-state index is 0.176. The monoisotopic (exact) mass is 280 g/mol. The number of carbonyl (C=O) groups excluding carboxylic acids is 1. The van der Waals surface area contributed by atoms with Crippen molar-refractivity contribution in [1.29, 1.82) is 0 Å². The first kappa shape index (κ1) is 14.5. The first-order chi connectivity index (χ1) is 9.83. The van der Waals surface area contributed by atoms with Crippen LogP contribution in [0, 0.1) is 5.92 Å². The van der Waals surface area contributed by atoms with Crippen molar-refractivity contribution in [2.75, 3.05) is 45.9 Å². The summed E-state index contributed by atoms with van der Waals surface area (Å²) in [6.07, 6.45) is 7.58. The van der Waals surface area contributed by atoms with Crippen LogP contribution < -0.4 is 0 Å². The van der Waals surface area contributed by atoms with Gasteiger partial charge in [0.25, 0.3) is 0 Å². The third-order valence-electron chi connectivity index (χ3n) is 5.23. The van der Waals surface area contributed by atoms with E-state index in [2.05, 4.69) is 9.80 Å². The summed E-state index contributed by atoms with van der Waals surface area (Å²) < 4.78 is 5.32. The Morgan fingerprint density at radius 1 is 1.00 bits per heavy atom. The van der Waals surface area contributed by atoms with Crippen LogP contribution in [0.5, 0.6) is 0 Å². The van der Waals surface area contributed by atoms with Crippen LogP contribution in [0.4, 0.5) is 0 Å². The number of likely N-dealkylation sites (tertiary alicyclic amines) is 2. The quantitative estimate of drug-likeness (QED) is 0.782. The molecule has 0 aromatic carbocycles. The first-order valence-electron chi connectivity index (χ1n) is 8.40. The number of piperidine rings is 2. The van der Waals surface area contributed by atoms with Crippen LogP contribution >= 0.6 is 0 Å². The van der Waals surface area contributed by atoms with Crippen molar-refractivity contribution >= 4 is 5.78 Å². The Kier molecular flexibility index (Phi) is 5.08. The van der Waals surface area contributed by atoms with Gasteiger partial charge >= 0.3 is 0 Å². The standard InChI is InChI=1S/C16H28N2O2/c19-16(14-6-11-20-13-14)12-17-9-4-15(5-10-17)18-7-2-1-3-8-18/h14-15H,1-13H2. The molecule has 0 radical (unpaired) electrons. The zero-order valence-electron chi connectivity index (χ0n) is 12.6. The highest BCUT2D eigenvalue weighted by molar-refractivity contribution is 5.83. The molecule has 0 aromatic heterocycles. The molecular weight excluding hydrogens is 252 g/mol. The van der Waals surface area contributed by atoms with E-state index in [9.17, 15) is 4.79 Å². The van der Waals surface area contributed by atoms with Gasteiger partial charge in [0.2, 0.25) is 0 Å². The average Bonchev–Trinajstić information content (AvgIpc) is 3.03. The van der Waals surface area contributed by atoms with Crippen molar-refractivity contribution in [3.63, 3.8) is 0 Å². The zero-order chi connectivity index (χ0) is 13.8. The van der Waals surface area contributed by atoms with E-state index >= 15 is 0 Å². The van der Waals surface area contributed by atoms with Crippen LogP contribution in [0.25, 0.3) is 0 Å². The Balaban J connectivity index is 1.40. The van der Waals surface area contributed by atoms with Crippen molar-refractivity contribution in [3.05, 3.63) is 0 Å². The Labute approximate surface area is 122 Å². The Hall–Kier alpha value is -0.450. The lowest BCUT2D eigenvalue weighted by atomic mass is 9.98.